The van der Waals surface area contributed by atoms with Crippen molar-refractivity contribution in [2.75, 3.05) is 5.32 Å². The van der Waals surface area contributed by atoms with Crippen LogP contribution in [0.2, 0.25) is 0 Å². The van der Waals surface area contributed by atoms with E-state index < -0.39 is 0 Å². The van der Waals surface area contributed by atoms with Crippen LogP contribution >= 0.6 is 15.9 Å². The molecule has 0 saturated carbocycles. The van der Waals surface area contributed by atoms with Gasteiger partial charge in [0.2, 0.25) is 0 Å². The standard InChI is InChI=1S/C16H12BrNO3/c1-9-7-10(19)5-6-13(9)18-16(20)15-8-11-12(17)3-2-4-14(11)21-15/h2-8,19H,1H3,(H,18,20). The average Bonchev–Trinajstić information content (AvgIpc) is 2.87. The molecule has 0 spiro atoms. The summed E-state index contributed by atoms with van der Waals surface area (Å²) in [5, 5.41) is 13.0. The van der Waals surface area contributed by atoms with Crippen molar-refractivity contribution in [1.29, 1.82) is 0 Å². The van der Waals surface area contributed by atoms with Crippen molar-refractivity contribution >= 4 is 38.5 Å². The Morgan fingerprint density at radius 3 is 2.76 bits per heavy atom. The molecule has 0 bridgehead atoms. The molecule has 0 aliphatic carbocycles. The Balaban J connectivity index is 1.92. The maximum atomic E-state index is 12.2. The van der Waals surface area contributed by atoms with E-state index in [1.807, 2.05) is 25.1 Å². The number of hydrogen-bond donors (Lipinski definition) is 2. The average molecular weight is 346 g/mol. The summed E-state index contributed by atoms with van der Waals surface area (Å²) in [4.78, 5) is 12.2. The van der Waals surface area contributed by atoms with E-state index >= 15 is 0 Å². The van der Waals surface area contributed by atoms with Crippen molar-refractivity contribution in [3.8, 4) is 5.75 Å². The van der Waals surface area contributed by atoms with E-state index in [1.54, 1.807) is 18.2 Å². The number of carbonyl (C=O) groups excluding carboxylic acids is 1. The molecule has 2 N–H and O–H groups in total. The molecule has 0 aliphatic heterocycles. The minimum atomic E-state index is -0.327. The Hall–Kier alpha value is -2.27. The first kappa shape index (κ1) is 13.7. The summed E-state index contributed by atoms with van der Waals surface area (Å²) in [6, 6.07) is 12.0. The first-order valence-electron chi connectivity index (χ1n) is 6.33. The van der Waals surface area contributed by atoms with Crippen LogP contribution in [0.1, 0.15) is 16.1 Å². The van der Waals surface area contributed by atoms with Gasteiger partial charge in [-0.1, -0.05) is 22.0 Å². The van der Waals surface area contributed by atoms with Crippen LogP contribution in [0.5, 0.6) is 5.75 Å². The lowest BCUT2D eigenvalue weighted by atomic mass is 10.2. The highest BCUT2D eigenvalue weighted by molar-refractivity contribution is 9.10. The summed E-state index contributed by atoms with van der Waals surface area (Å²) >= 11 is 3.43. The molecule has 3 rings (SSSR count). The van der Waals surface area contributed by atoms with Gasteiger partial charge in [0, 0.05) is 15.5 Å². The van der Waals surface area contributed by atoms with Crippen LogP contribution in [0.3, 0.4) is 0 Å². The number of aromatic hydroxyl groups is 1. The number of furan rings is 1. The highest BCUT2D eigenvalue weighted by Gasteiger charge is 2.14. The van der Waals surface area contributed by atoms with Crippen LogP contribution in [0.25, 0.3) is 11.0 Å². The summed E-state index contributed by atoms with van der Waals surface area (Å²) in [5.41, 5.74) is 2.06. The molecule has 21 heavy (non-hydrogen) atoms. The molecule has 106 valence electrons. The SMILES string of the molecule is Cc1cc(O)ccc1NC(=O)c1cc2c(Br)cccc2o1. The number of nitrogens with one attached hydrogen (secondary N) is 1. The lowest BCUT2D eigenvalue weighted by Gasteiger charge is -2.06. The maximum Gasteiger partial charge on any atom is 0.291 e. The van der Waals surface area contributed by atoms with Gasteiger partial charge in [-0.2, -0.15) is 0 Å². The van der Waals surface area contributed by atoms with Gasteiger partial charge in [-0.05, 0) is 48.9 Å². The summed E-state index contributed by atoms with van der Waals surface area (Å²) in [7, 11) is 0. The van der Waals surface area contributed by atoms with E-state index in [0.29, 0.717) is 11.3 Å². The molecule has 2 aromatic carbocycles. The molecule has 0 radical (unpaired) electrons. The van der Waals surface area contributed by atoms with Gasteiger partial charge in [0.1, 0.15) is 11.3 Å². The highest BCUT2D eigenvalue weighted by Crippen LogP contribution is 2.28. The van der Waals surface area contributed by atoms with Gasteiger partial charge in [0.05, 0.1) is 0 Å². The Bertz CT molecular complexity index is 839. The Kier molecular flexibility index (Phi) is 3.43. The largest absolute Gasteiger partial charge is 0.508 e. The number of phenols is 1. The zero-order valence-corrected chi connectivity index (χ0v) is 12.8. The number of carbonyl (C=O) groups is 1. The van der Waals surface area contributed by atoms with E-state index in [2.05, 4.69) is 21.2 Å². The van der Waals surface area contributed by atoms with Crippen molar-refractivity contribution < 1.29 is 14.3 Å². The third-order valence-corrected chi connectivity index (χ3v) is 3.88. The fraction of sp³-hybridized carbons (Fsp3) is 0.0625. The smallest absolute Gasteiger partial charge is 0.291 e. The second kappa shape index (κ2) is 5.26. The van der Waals surface area contributed by atoms with Gasteiger partial charge in [0.15, 0.2) is 5.76 Å². The fourth-order valence-corrected chi connectivity index (χ4v) is 2.57. The highest BCUT2D eigenvalue weighted by atomic mass is 79.9. The molecular formula is C16H12BrNO3. The lowest BCUT2D eigenvalue weighted by molar-refractivity contribution is 0.0998. The van der Waals surface area contributed by atoms with Gasteiger partial charge in [-0.3, -0.25) is 4.79 Å². The Morgan fingerprint density at radius 2 is 2.05 bits per heavy atom. The molecule has 1 amide bonds. The second-order valence-corrected chi connectivity index (χ2v) is 5.57. The zero-order valence-electron chi connectivity index (χ0n) is 11.2. The molecule has 4 nitrogen and oxygen atoms in total. The summed E-state index contributed by atoms with van der Waals surface area (Å²) in [6.45, 7) is 1.81. The quantitative estimate of drug-likeness (QED) is 0.674. The van der Waals surface area contributed by atoms with E-state index in [4.69, 9.17) is 4.42 Å². The summed E-state index contributed by atoms with van der Waals surface area (Å²) in [6.07, 6.45) is 0. The van der Waals surface area contributed by atoms with E-state index in [9.17, 15) is 9.90 Å². The summed E-state index contributed by atoms with van der Waals surface area (Å²) in [5.74, 6) is 0.0782. The number of aryl methyl sites for hydroxylation is 1. The molecular weight excluding hydrogens is 334 g/mol. The molecule has 0 atom stereocenters. The maximum absolute atomic E-state index is 12.2. The number of benzene rings is 2. The molecule has 0 saturated heterocycles. The zero-order chi connectivity index (χ0) is 15.0. The topological polar surface area (TPSA) is 62.5 Å². The molecule has 0 unspecified atom stereocenters. The van der Waals surface area contributed by atoms with Crippen molar-refractivity contribution in [2.24, 2.45) is 0 Å². The van der Waals surface area contributed by atoms with Gasteiger partial charge >= 0.3 is 0 Å². The van der Waals surface area contributed by atoms with Crippen molar-refractivity contribution in [2.45, 2.75) is 6.92 Å². The normalized spacial score (nSPS) is 10.8. The van der Waals surface area contributed by atoms with Crippen molar-refractivity contribution in [3.63, 3.8) is 0 Å². The predicted octanol–water partition coefficient (Wildman–Crippen LogP) is 4.46. The minimum Gasteiger partial charge on any atom is -0.508 e. The number of hydrogen-bond acceptors (Lipinski definition) is 3. The minimum absolute atomic E-state index is 0.165. The van der Waals surface area contributed by atoms with E-state index in [1.165, 1.54) is 6.07 Å². The number of amides is 1. The van der Waals surface area contributed by atoms with Gasteiger partial charge < -0.3 is 14.8 Å². The van der Waals surface area contributed by atoms with E-state index in [0.717, 1.165) is 15.4 Å². The number of phenolic OH excluding ortho intramolecular Hbond substituents is 1. The molecule has 0 fully saturated rings. The van der Waals surface area contributed by atoms with Crippen LogP contribution in [-0.2, 0) is 0 Å². The molecule has 1 aromatic heterocycles. The second-order valence-electron chi connectivity index (χ2n) is 4.72. The predicted molar refractivity (Wildman–Crippen MR) is 84.7 cm³/mol. The van der Waals surface area contributed by atoms with Gasteiger partial charge in [-0.15, -0.1) is 0 Å². The molecule has 3 aromatic rings. The number of rotatable bonds is 2. The number of anilines is 1. The third kappa shape index (κ3) is 2.64. The fourth-order valence-electron chi connectivity index (χ4n) is 2.11. The molecule has 0 aliphatic rings. The molecule has 5 heteroatoms. The monoisotopic (exact) mass is 345 g/mol. The first-order chi connectivity index (χ1) is 10.0. The van der Waals surface area contributed by atoms with Crippen LogP contribution in [0.4, 0.5) is 5.69 Å². The third-order valence-electron chi connectivity index (χ3n) is 3.19. The van der Waals surface area contributed by atoms with Crippen LogP contribution < -0.4 is 5.32 Å². The first-order valence-corrected chi connectivity index (χ1v) is 7.13. The van der Waals surface area contributed by atoms with Crippen LogP contribution in [0.15, 0.2) is 51.4 Å². The van der Waals surface area contributed by atoms with Crippen molar-refractivity contribution in [1.82, 2.24) is 0 Å². The van der Waals surface area contributed by atoms with Crippen LogP contribution in [0, 0.1) is 6.92 Å². The van der Waals surface area contributed by atoms with Gasteiger partial charge in [-0.25, -0.2) is 0 Å². The Morgan fingerprint density at radius 1 is 1.24 bits per heavy atom. The number of fused-ring (bicyclic) bond motifs is 1. The van der Waals surface area contributed by atoms with E-state index in [-0.39, 0.29) is 17.4 Å². The van der Waals surface area contributed by atoms with Crippen molar-refractivity contribution in [3.05, 3.63) is 58.3 Å². The Labute approximate surface area is 129 Å². The van der Waals surface area contributed by atoms with Gasteiger partial charge in [0.25, 0.3) is 5.91 Å². The molecule has 1 heterocycles. The van der Waals surface area contributed by atoms with Crippen LogP contribution in [-0.4, -0.2) is 11.0 Å². The summed E-state index contributed by atoms with van der Waals surface area (Å²) < 4.78 is 6.43. The number of halogens is 1. The lowest BCUT2D eigenvalue weighted by Crippen LogP contribution is -2.11.